The van der Waals surface area contributed by atoms with E-state index in [2.05, 4.69) is 5.32 Å². The highest BCUT2D eigenvalue weighted by atomic mass is 16.4. The molecular weight excluding hydrogens is 264 g/mol. The molecule has 7 nitrogen and oxygen atoms in total. The maximum Gasteiger partial charge on any atom is 0.371 e. The van der Waals surface area contributed by atoms with E-state index in [1.165, 1.54) is 12.1 Å². The smallest absolute Gasteiger partial charge is 0.371 e. The second kappa shape index (κ2) is 5.96. The molecule has 20 heavy (non-hydrogen) atoms. The van der Waals surface area contributed by atoms with Crippen molar-refractivity contribution in [3.05, 3.63) is 23.7 Å². The second-order valence-electron chi connectivity index (χ2n) is 5.01. The van der Waals surface area contributed by atoms with Gasteiger partial charge in [0.2, 0.25) is 5.76 Å². The molecule has 1 aliphatic rings. The Morgan fingerprint density at radius 3 is 2.85 bits per heavy atom. The molecule has 1 saturated heterocycles. The number of hydrogen-bond donors (Lipinski definition) is 3. The lowest BCUT2D eigenvalue weighted by molar-refractivity contribution is 0.0479. The number of nitrogens with zero attached hydrogens (tertiary/aromatic N) is 1. The molecule has 1 aliphatic heterocycles. The molecule has 1 aromatic rings. The van der Waals surface area contributed by atoms with Crippen LogP contribution >= 0.6 is 0 Å². The fourth-order valence-electron chi connectivity index (χ4n) is 2.18. The summed E-state index contributed by atoms with van der Waals surface area (Å²) in [6, 6.07) is 2.63. The Morgan fingerprint density at radius 1 is 1.50 bits per heavy atom. The largest absolute Gasteiger partial charge is 0.475 e. The molecule has 2 heterocycles. The Bertz CT molecular complexity index is 499. The molecule has 0 aliphatic carbocycles. The third-order valence-electron chi connectivity index (χ3n) is 3.43. The maximum absolute atomic E-state index is 11.9. The van der Waals surface area contributed by atoms with E-state index in [9.17, 15) is 14.7 Å². The number of furan rings is 1. The highest BCUT2D eigenvalue weighted by molar-refractivity contribution is 5.84. The minimum atomic E-state index is -1.14. The molecule has 2 amide bonds. The van der Waals surface area contributed by atoms with Crippen LogP contribution < -0.4 is 5.32 Å². The molecule has 1 aromatic heterocycles. The molecular formula is C13H18N2O5. The van der Waals surface area contributed by atoms with Gasteiger partial charge in [0, 0.05) is 13.1 Å². The molecule has 0 aromatic carbocycles. The fraction of sp³-hybridized carbons (Fsp3) is 0.538. The zero-order valence-corrected chi connectivity index (χ0v) is 11.2. The first-order valence-electron chi connectivity index (χ1n) is 6.50. The number of carbonyl (C=O) groups is 2. The van der Waals surface area contributed by atoms with Crippen LogP contribution in [0.25, 0.3) is 0 Å². The average molecular weight is 282 g/mol. The van der Waals surface area contributed by atoms with Crippen molar-refractivity contribution in [3.63, 3.8) is 0 Å². The standard InChI is InChI=1S/C13H18N2O5/c1-8-7-15(5-4-10(8)16)13(19)14-6-9-2-3-11(20-9)12(17)18/h2-3,8,10,16H,4-7H2,1H3,(H,14,19)(H,17,18). The minimum Gasteiger partial charge on any atom is -0.475 e. The van der Waals surface area contributed by atoms with Crippen molar-refractivity contribution in [2.45, 2.75) is 26.0 Å². The van der Waals surface area contributed by atoms with Gasteiger partial charge in [-0.05, 0) is 24.5 Å². The van der Waals surface area contributed by atoms with E-state index >= 15 is 0 Å². The van der Waals surface area contributed by atoms with Crippen molar-refractivity contribution in [2.75, 3.05) is 13.1 Å². The van der Waals surface area contributed by atoms with Crippen LogP contribution in [0.4, 0.5) is 4.79 Å². The van der Waals surface area contributed by atoms with Gasteiger partial charge >= 0.3 is 12.0 Å². The number of aliphatic hydroxyl groups excluding tert-OH is 1. The summed E-state index contributed by atoms with van der Waals surface area (Å²) >= 11 is 0. The molecule has 3 N–H and O–H groups in total. The fourth-order valence-corrected chi connectivity index (χ4v) is 2.18. The summed E-state index contributed by atoms with van der Waals surface area (Å²) in [6.07, 6.45) is 0.209. The summed E-state index contributed by atoms with van der Waals surface area (Å²) in [5, 5.41) is 21.0. The normalized spacial score (nSPS) is 22.6. The summed E-state index contributed by atoms with van der Waals surface area (Å²) < 4.78 is 5.05. The van der Waals surface area contributed by atoms with Crippen LogP contribution in [-0.4, -0.2) is 46.3 Å². The van der Waals surface area contributed by atoms with Crippen LogP contribution in [-0.2, 0) is 6.54 Å². The highest BCUT2D eigenvalue weighted by Gasteiger charge is 2.27. The first-order valence-corrected chi connectivity index (χ1v) is 6.50. The van der Waals surface area contributed by atoms with Gasteiger partial charge in [0.25, 0.3) is 0 Å². The minimum absolute atomic E-state index is 0.0525. The molecule has 110 valence electrons. The lowest BCUT2D eigenvalue weighted by atomic mass is 9.97. The Morgan fingerprint density at radius 2 is 2.25 bits per heavy atom. The number of aromatic carboxylic acids is 1. The molecule has 2 unspecified atom stereocenters. The third kappa shape index (κ3) is 3.30. The lowest BCUT2D eigenvalue weighted by Crippen LogP contribution is -2.48. The summed E-state index contributed by atoms with van der Waals surface area (Å²) in [5.41, 5.74) is 0. The van der Waals surface area contributed by atoms with Gasteiger partial charge in [-0.15, -0.1) is 0 Å². The van der Waals surface area contributed by atoms with Crippen LogP contribution in [0.5, 0.6) is 0 Å². The topological polar surface area (TPSA) is 103 Å². The molecule has 2 atom stereocenters. The molecule has 0 radical (unpaired) electrons. The summed E-state index contributed by atoms with van der Waals surface area (Å²) in [7, 11) is 0. The number of nitrogens with one attached hydrogen (secondary N) is 1. The van der Waals surface area contributed by atoms with Crippen molar-refractivity contribution < 1.29 is 24.2 Å². The molecule has 7 heteroatoms. The zero-order valence-electron chi connectivity index (χ0n) is 11.2. The average Bonchev–Trinajstić information content (AvgIpc) is 2.88. The summed E-state index contributed by atoms with van der Waals surface area (Å²) in [5.74, 6) is -0.844. The first-order chi connectivity index (χ1) is 9.47. The molecule has 0 bridgehead atoms. The Balaban J connectivity index is 1.84. The van der Waals surface area contributed by atoms with E-state index in [1.54, 1.807) is 4.90 Å². The van der Waals surface area contributed by atoms with Gasteiger partial charge in [0.1, 0.15) is 5.76 Å². The van der Waals surface area contributed by atoms with Crippen molar-refractivity contribution in [2.24, 2.45) is 5.92 Å². The molecule has 2 rings (SSSR count). The van der Waals surface area contributed by atoms with Gasteiger partial charge in [0.15, 0.2) is 0 Å². The van der Waals surface area contributed by atoms with Crippen molar-refractivity contribution in [1.29, 1.82) is 0 Å². The van der Waals surface area contributed by atoms with Crippen LogP contribution in [0.2, 0.25) is 0 Å². The van der Waals surface area contributed by atoms with Crippen molar-refractivity contribution in [3.8, 4) is 0 Å². The van der Waals surface area contributed by atoms with Gasteiger partial charge in [-0.1, -0.05) is 6.92 Å². The van der Waals surface area contributed by atoms with Crippen molar-refractivity contribution in [1.82, 2.24) is 10.2 Å². The number of hydrogen-bond acceptors (Lipinski definition) is 4. The summed E-state index contributed by atoms with van der Waals surface area (Å²) in [4.78, 5) is 24.2. The SMILES string of the molecule is CC1CN(C(=O)NCc2ccc(C(=O)O)o2)CCC1O. The van der Waals surface area contributed by atoms with Crippen LogP contribution in [0.15, 0.2) is 16.5 Å². The lowest BCUT2D eigenvalue weighted by Gasteiger charge is -2.34. The predicted octanol–water partition coefficient (Wildman–Crippen LogP) is 0.890. The van der Waals surface area contributed by atoms with Crippen LogP contribution in [0.1, 0.15) is 29.7 Å². The number of aliphatic hydroxyl groups is 1. The number of urea groups is 1. The van der Waals surface area contributed by atoms with Gasteiger partial charge < -0.3 is 24.8 Å². The maximum atomic E-state index is 11.9. The van der Waals surface area contributed by atoms with E-state index < -0.39 is 5.97 Å². The van der Waals surface area contributed by atoms with E-state index in [4.69, 9.17) is 9.52 Å². The number of likely N-dealkylation sites (tertiary alicyclic amines) is 1. The number of carboxylic acid groups (broad SMARTS) is 1. The van der Waals surface area contributed by atoms with Crippen LogP contribution in [0, 0.1) is 5.92 Å². The molecule has 1 fully saturated rings. The van der Waals surface area contributed by atoms with E-state index in [-0.39, 0.29) is 30.4 Å². The Labute approximate surface area is 116 Å². The van der Waals surface area contributed by atoms with E-state index in [0.29, 0.717) is 25.3 Å². The number of piperidine rings is 1. The second-order valence-corrected chi connectivity index (χ2v) is 5.01. The monoisotopic (exact) mass is 282 g/mol. The van der Waals surface area contributed by atoms with Gasteiger partial charge in [0.05, 0.1) is 12.6 Å². The summed E-state index contributed by atoms with van der Waals surface area (Å²) in [6.45, 7) is 3.05. The number of carboxylic acids is 1. The first kappa shape index (κ1) is 14.4. The number of rotatable bonds is 3. The van der Waals surface area contributed by atoms with Crippen molar-refractivity contribution >= 4 is 12.0 Å². The third-order valence-corrected chi connectivity index (χ3v) is 3.43. The van der Waals surface area contributed by atoms with Gasteiger partial charge in [-0.3, -0.25) is 0 Å². The van der Waals surface area contributed by atoms with Gasteiger partial charge in [-0.25, -0.2) is 9.59 Å². The van der Waals surface area contributed by atoms with E-state index in [1.807, 2.05) is 6.92 Å². The number of amides is 2. The quantitative estimate of drug-likeness (QED) is 0.764. The predicted molar refractivity (Wildman–Crippen MR) is 69.3 cm³/mol. The Kier molecular flexibility index (Phi) is 4.29. The number of carbonyl (C=O) groups excluding carboxylic acids is 1. The van der Waals surface area contributed by atoms with E-state index in [0.717, 1.165) is 0 Å². The Hall–Kier alpha value is -2.02. The zero-order chi connectivity index (χ0) is 14.7. The van der Waals surface area contributed by atoms with Gasteiger partial charge in [-0.2, -0.15) is 0 Å². The molecule has 0 spiro atoms. The highest BCUT2D eigenvalue weighted by Crippen LogP contribution is 2.16. The molecule has 0 saturated carbocycles. The van der Waals surface area contributed by atoms with Crippen LogP contribution in [0.3, 0.4) is 0 Å².